The molecule has 0 heterocycles. The molecule has 6 nitrogen and oxygen atoms in total. The number of nitrogens with two attached hydrogens (primary N) is 1. The van der Waals surface area contributed by atoms with Crippen LogP contribution in [-0.2, 0) is 14.4 Å². The van der Waals surface area contributed by atoms with E-state index < -0.39 is 12.0 Å². The van der Waals surface area contributed by atoms with Crippen LogP contribution >= 0.6 is 0 Å². The van der Waals surface area contributed by atoms with E-state index >= 15 is 0 Å². The molecule has 0 radical (unpaired) electrons. The summed E-state index contributed by atoms with van der Waals surface area (Å²) < 4.78 is 0. The minimum atomic E-state index is -0.900. The van der Waals surface area contributed by atoms with Crippen molar-refractivity contribution in [3.05, 3.63) is 0 Å². The van der Waals surface area contributed by atoms with Crippen LogP contribution in [0.1, 0.15) is 318 Å². The summed E-state index contributed by atoms with van der Waals surface area (Å²) in [6.45, 7) is 61.6. The Morgan fingerprint density at radius 3 is 0.655 bits per heavy atom. The summed E-state index contributed by atoms with van der Waals surface area (Å²) in [6.07, 6.45) is 7.37. The van der Waals surface area contributed by atoms with Crippen LogP contribution in [0.25, 0.3) is 0 Å². The molecule has 0 rings (SSSR count). The molecule has 4 N–H and O–H groups in total. The minimum absolute atomic E-state index is 0. The van der Waals surface area contributed by atoms with Crippen molar-refractivity contribution in [3.8, 4) is 0 Å². The number of carboxylic acids is 1. The first-order valence-electron chi connectivity index (χ1n) is 22.0. The second-order valence-corrected chi connectivity index (χ2v) is 6.51. The summed E-state index contributed by atoms with van der Waals surface area (Å²) in [7, 11) is 3.75. The van der Waals surface area contributed by atoms with Gasteiger partial charge >= 0.3 is 5.97 Å². The highest BCUT2D eigenvalue weighted by molar-refractivity contribution is 5.75. The Hall–Kier alpha value is -1.27. The van der Waals surface area contributed by atoms with Crippen molar-refractivity contribution in [1.29, 1.82) is 0 Å². The lowest BCUT2D eigenvalue weighted by Crippen LogP contribution is -2.29. The summed E-state index contributed by atoms with van der Waals surface area (Å²) >= 11 is 0. The van der Waals surface area contributed by atoms with Gasteiger partial charge in [0.05, 0.1) is 0 Å². The van der Waals surface area contributed by atoms with Crippen LogP contribution in [0.4, 0.5) is 0 Å². The molecule has 0 aromatic heterocycles. The first kappa shape index (κ1) is 164. The number of aliphatic carboxylic acids is 1. The highest BCUT2D eigenvalue weighted by atomic mass is 16.4. The molecule has 390 valence electrons. The van der Waals surface area contributed by atoms with E-state index in [4.69, 9.17) is 10.8 Å². The van der Waals surface area contributed by atoms with Crippen molar-refractivity contribution in [2.24, 2.45) is 5.73 Å². The third-order valence-corrected chi connectivity index (χ3v) is 2.29. The van der Waals surface area contributed by atoms with Crippen LogP contribution in [-0.4, -0.2) is 42.8 Å². The summed E-state index contributed by atoms with van der Waals surface area (Å²) in [4.78, 5) is 29.9. The van der Waals surface area contributed by atoms with Crippen molar-refractivity contribution in [2.75, 3.05) is 14.1 Å². The van der Waals surface area contributed by atoms with Gasteiger partial charge in [-0.2, -0.15) is 0 Å². The molecule has 1 atom stereocenters. The molecule has 0 bridgehead atoms. The zero-order chi connectivity index (χ0) is 46.7. The van der Waals surface area contributed by atoms with E-state index in [2.05, 4.69) is 33.0 Å². The van der Waals surface area contributed by atoms with Gasteiger partial charge in [0.15, 0.2) is 0 Å². The maximum atomic E-state index is 10.1. The summed E-state index contributed by atoms with van der Waals surface area (Å²) in [6, 6.07) is -0.662. The number of Topliss-reactive ketones (excluding diaryl/α,β-unsaturated/α-hetero) is 2. The Labute approximate surface area is 385 Å². The predicted molar refractivity (Wildman–Crippen MR) is 301 cm³/mol. The van der Waals surface area contributed by atoms with Crippen molar-refractivity contribution in [2.45, 2.75) is 324 Å². The molecule has 0 aromatic carbocycles. The number of carbonyl (C=O) groups is 3. The second kappa shape index (κ2) is 429. The van der Waals surface area contributed by atoms with Gasteiger partial charge in [-0.15, -0.1) is 0 Å². The van der Waals surface area contributed by atoms with Crippen LogP contribution in [0.2, 0.25) is 0 Å². The van der Waals surface area contributed by atoms with Crippen molar-refractivity contribution in [1.82, 2.24) is 5.32 Å². The Morgan fingerprint density at radius 2 is 0.603 bits per heavy atom. The van der Waals surface area contributed by atoms with E-state index in [0.29, 0.717) is 12.8 Å². The summed E-state index contributed by atoms with van der Waals surface area (Å²) in [5.74, 6) is -0.356. The topological polar surface area (TPSA) is 109 Å². The molecule has 6 heteroatoms. The van der Waals surface area contributed by atoms with E-state index in [0.717, 1.165) is 25.7 Å². The fourth-order valence-electron chi connectivity index (χ4n) is 0.900. The maximum absolute atomic E-state index is 10.1. The number of carboxylic acid groups (broad SMARTS) is 1. The molecule has 58 heavy (non-hydrogen) atoms. The van der Waals surface area contributed by atoms with Crippen LogP contribution in [0.5, 0.6) is 0 Å². The zero-order valence-electron chi connectivity index (χ0n) is 43.5. The molecule has 0 aliphatic rings. The van der Waals surface area contributed by atoms with Gasteiger partial charge < -0.3 is 25.7 Å². The van der Waals surface area contributed by atoms with Crippen LogP contribution in [0, 0.1) is 0 Å². The number of hydrogen-bond acceptors (Lipinski definition) is 5. The largest absolute Gasteiger partial charge is 0.480 e. The Balaban J connectivity index is -0.00000000990. The smallest absolute Gasteiger partial charge is 0.320 e. The van der Waals surface area contributed by atoms with Gasteiger partial charge in [-0.3, -0.25) is 4.79 Å². The maximum Gasteiger partial charge on any atom is 0.320 e. The molecule has 1 unspecified atom stereocenters. The molecule has 0 saturated heterocycles. The number of nitrogens with one attached hydrogen (secondary N) is 1. The fourth-order valence-corrected chi connectivity index (χ4v) is 0.900. The quantitative estimate of drug-likeness (QED) is 0.235. The second-order valence-electron chi connectivity index (χ2n) is 6.51. The molecule has 0 aliphatic heterocycles. The Bertz CT molecular complexity index is 311. The lowest BCUT2D eigenvalue weighted by molar-refractivity contribution is -0.138. The van der Waals surface area contributed by atoms with Gasteiger partial charge in [0, 0.05) is 12.8 Å². The number of hydrogen-bond donors (Lipinski definition) is 3. The third kappa shape index (κ3) is 1150. The van der Waals surface area contributed by atoms with Crippen LogP contribution in [0.15, 0.2) is 0 Å². The summed E-state index contributed by atoms with van der Waals surface area (Å²) in [5, 5.41) is 11.0. The van der Waals surface area contributed by atoms with E-state index in [1.165, 1.54) is 12.8 Å². The molecule has 0 saturated carbocycles. The monoisotopic (exact) mass is 865 g/mol. The normalized spacial score (nSPS) is 5.62. The molecule has 0 amide bonds. The zero-order valence-corrected chi connectivity index (χ0v) is 43.5. The standard InChI is InChI=1S/C6H13NO2.C5H10O.C4H8O.2C3H8.C2H7N.11C2H6.7CH4/c1-2-3-4-5(7)6(8)9;1-3-4-5(2)6;1-3-4(2)5;3*1-3-2;11*1-2;;;;;;;/h5H,2-4,7H2,1H3,(H,8,9);3-4H2,1-2H3;3H2,1-2H3;2*3H2,1-2H3;3H,1-2H3;11*1-2H3;7*1H4. The van der Waals surface area contributed by atoms with Gasteiger partial charge in [0.2, 0.25) is 0 Å². The van der Waals surface area contributed by atoms with Crippen molar-refractivity contribution in [3.63, 3.8) is 0 Å². The third-order valence-electron chi connectivity index (χ3n) is 2.29. The lowest BCUT2D eigenvalue weighted by Gasteiger charge is -2.02. The first-order chi connectivity index (χ1) is 24.5. The Kier molecular flexibility index (Phi) is 1220. The van der Waals surface area contributed by atoms with Gasteiger partial charge in [-0.25, -0.2) is 0 Å². The van der Waals surface area contributed by atoms with Gasteiger partial charge in [0.1, 0.15) is 17.6 Å². The minimum Gasteiger partial charge on any atom is -0.480 e. The van der Waals surface area contributed by atoms with Gasteiger partial charge in [-0.1, -0.05) is 278 Å². The average Bonchev–Trinajstić information content (AvgIpc) is 3.20. The Morgan fingerprint density at radius 1 is 0.448 bits per heavy atom. The molecule has 0 fully saturated rings. The fraction of sp³-hybridized carbons (Fsp3) is 0.942. The van der Waals surface area contributed by atoms with Gasteiger partial charge in [0.25, 0.3) is 0 Å². The molecule has 0 spiro atoms. The highest BCUT2D eigenvalue weighted by Crippen LogP contribution is 1.97. The molecule has 0 aliphatic carbocycles. The van der Waals surface area contributed by atoms with Crippen molar-refractivity contribution >= 4 is 17.5 Å². The van der Waals surface area contributed by atoms with E-state index in [1.54, 1.807) is 13.8 Å². The lowest BCUT2D eigenvalue weighted by atomic mass is 10.1. The van der Waals surface area contributed by atoms with Crippen LogP contribution < -0.4 is 11.1 Å². The van der Waals surface area contributed by atoms with E-state index in [1.807, 2.05) is 187 Å². The molecular formula is C52H148N2O4. The van der Waals surface area contributed by atoms with E-state index in [-0.39, 0.29) is 63.6 Å². The predicted octanol–water partition coefficient (Wildman–Crippen LogP) is 21.4. The molecule has 0 aromatic rings. The first-order valence-corrected chi connectivity index (χ1v) is 22.0. The van der Waals surface area contributed by atoms with Crippen LogP contribution in [0.3, 0.4) is 0 Å². The van der Waals surface area contributed by atoms with Gasteiger partial charge in [-0.05, 0) is 40.8 Å². The summed E-state index contributed by atoms with van der Waals surface area (Å²) in [5.41, 5.74) is 5.20. The van der Waals surface area contributed by atoms with E-state index in [9.17, 15) is 14.4 Å². The number of rotatable bonds is 7. The average molecular weight is 866 g/mol. The molecular weight excluding hydrogens is 717 g/mol. The van der Waals surface area contributed by atoms with Crippen molar-refractivity contribution < 1.29 is 19.5 Å². The number of unbranched alkanes of at least 4 members (excludes halogenated alkanes) is 1. The SMILES string of the molecule is C.C.C.C.C.C.C.CC.CC.CC.CC.CC.CC.CC.CC.CC.CC.CC.CCC.CCC.CCC(C)=O.CCCC(C)=O.CCCCC(N)C(=O)O.CNC. The number of ketones is 2. The number of carbonyl (C=O) groups excluding carboxylic acids is 2. The highest BCUT2D eigenvalue weighted by Gasteiger charge is 2.08.